The predicted molar refractivity (Wildman–Crippen MR) is 150 cm³/mol. The van der Waals surface area contributed by atoms with E-state index in [4.69, 9.17) is 22.1 Å². The highest BCUT2D eigenvalue weighted by molar-refractivity contribution is 6.34. The van der Waals surface area contributed by atoms with Crippen molar-refractivity contribution in [3.8, 4) is 0 Å². The number of hydrogen-bond acceptors (Lipinski definition) is 5. The van der Waals surface area contributed by atoms with Crippen molar-refractivity contribution < 1.29 is 18.7 Å². The molecular weight excluding hydrogens is 511 g/mol. The summed E-state index contributed by atoms with van der Waals surface area (Å²) in [6.45, 7) is 5.59. The van der Waals surface area contributed by atoms with E-state index in [2.05, 4.69) is 26.3 Å². The van der Waals surface area contributed by atoms with Crippen LogP contribution in [0.1, 0.15) is 36.7 Å². The minimum atomic E-state index is -0.601. The Morgan fingerprint density at radius 1 is 0.974 bits per heavy atom. The van der Waals surface area contributed by atoms with Gasteiger partial charge in [-0.1, -0.05) is 17.7 Å². The Morgan fingerprint density at radius 3 is 2.32 bits per heavy atom. The zero-order valence-corrected chi connectivity index (χ0v) is 22.2. The van der Waals surface area contributed by atoms with Gasteiger partial charge in [0.2, 0.25) is 0 Å². The number of ether oxygens (including phenoxy) is 1. The summed E-state index contributed by atoms with van der Waals surface area (Å²) >= 11 is 6.38. The number of rotatable bonds is 6. The molecule has 38 heavy (non-hydrogen) atoms. The Morgan fingerprint density at radius 2 is 1.66 bits per heavy atom. The number of aliphatic imine (C=N–C) groups is 1. The van der Waals surface area contributed by atoms with Crippen molar-refractivity contribution in [3.63, 3.8) is 0 Å². The smallest absolute Gasteiger partial charge is 0.407 e. The average molecular weight is 541 g/mol. The molecular formula is C27H30ClFN6O3. The molecule has 2 amide bonds. The molecule has 9 nitrogen and oxygen atoms in total. The number of nitrogens with zero attached hydrogens (tertiary/aromatic N) is 1. The minimum Gasteiger partial charge on any atom is -0.444 e. The lowest BCUT2D eigenvalue weighted by atomic mass is 10.1. The van der Waals surface area contributed by atoms with Gasteiger partial charge >= 0.3 is 6.09 Å². The monoisotopic (exact) mass is 540 g/mol. The van der Waals surface area contributed by atoms with E-state index in [-0.39, 0.29) is 6.54 Å². The number of amides is 2. The average Bonchev–Trinajstić information content (AvgIpc) is 2.85. The van der Waals surface area contributed by atoms with Crippen molar-refractivity contribution in [3.05, 3.63) is 82.6 Å². The van der Waals surface area contributed by atoms with Gasteiger partial charge in [0.05, 0.1) is 22.1 Å². The first-order valence-corrected chi connectivity index (χ1v) is 12.0. The Bertz CT molecular complexity index is 1340. The molecule has 0 aliphatic rings. The van der Waals surface area contributed by atoms with Crippen molar-refractivity contribution >= 4 is 52.3 Å². The predicted octanol–water partition coefficient (Wildman–Crippen LogP) is 5.85. The first-order chi connectivity index (χ1) is 17.9. The summed E-state index contributed by atoms with van der Waals surface area (Å²) in [7, 11) is 1.57. The van der Waals surface area contributed by atoms with Crippen LogP contribution in [-0.2, 0) is 11.3 Å². The quantitative estimate of drug-likeness (QED) is 0.151. The molecule has 0 aliphatic carbocycles. The van der Waals surface area contributed by atoms with Crippen LogP contribution in [-0.4, -0.2) is 30.6 Å². The number of carbonyl (C=O) groups excluding carboxylic acids is 2. The summed E-state index contributed by atoms with van der Waals surface area (Å²) in [5.74, 6) is -0.478. The van der Waals surface area contributed by atoms with Gasteiger partial charge in [-0.15, -0.1) is 0 Å². The SMILES string of the molecule is CN=C(Nc1cc(C(=O)Nc2ccc(F)cc2)ccc1N)Nc1cc(CNC(=O)OC(C)(C)C)ccc1Cl. The summed E-state index contributed by atoms with van der Waals surface area (Å²) in [6.07, 6.45) is -0.529. The highest BCUT2D eigenvalue weighted by Gasteiger charge is 2.16. The number of benzene rings is 3. The first-order valence-electron chi connectivity index (χ1n) is 11.7. The molecule has 0 aliphatic heterocycles. The molecule has 11 heteroatoms. The van der Waals surface area contributed by atoms with Crippen LogP contribution in [0.25, 0.3) is 0 Å². The van der Waals surface area contributed by atoms with E-state index in [1.165, 1.54) is 24.3 Å². The number of nitrogens with two attached hydrogens (primary N) is 1. The van der Waals surface area contributed by atoms with Gasteiger partial charge in [0.25, 0.3) is 5.91 Å². The van der Waals surface area contributed by atoms with Crippen molar-refractivity contribution in [2.45, 2.75) is 32.9 Å². The third kappa shape index (κ3) is 8.38. The van der Waals surface area contributed by atoms with Crippen LogP contribution in [0.3, 0.4) is 0 Å². The fraction of sp³-hybridized carbons (Fsp3) is 0.222. The second-order valence-corrected chi connectivity index (χ2v) is 9.66. The number of anilines is 4. The molecule has 0 saturated heterocycles. The molecule has 200 valence electrons. The van der Waals surface area contributed by atoms with Gasteiger partial charge in [-0.05, 0) is 80.9 Å². The number of guanidine groups is 1. The molecule has 0 radical (unpaired) electrons. The first kappa shape index (κ1) is 28.3. The molecule has 0 aromatic heterocycles. The van der Waals surface area contributed by atoms with Crippen molar-refractivity contribution in [2.24, 2.45) is 4.99 Å². The maximum atomic E-state index is 13.1. The topological polar surface area (TPSA) is 130 Å². The fourth-order valence-corrected chi connectivity index (χ4v) is 3.37. The summed E-state index contributed by atoms with van der Waals surface area (Å²) in [5.41, 5.74) is 8.43. The van der Waals surface area contributed by atoms with E-state index >= 15 is 0 Å². The Balaban J connectivity index is 1.70. The number of hydrogen-bond donors (Lipinski definition) is 5. The maximum absolute atomic E-state index is 13.1. The normalized spacial score (nSPS) is 11.5. The Labute approximate surface area is 225 Å². The van der Waals surface area contributed by atoms with Crippen LogP contribution >= 0.6 is 11.6 Å². The second kappa shape index (κ2) is 12.3. The van der Waals surface area contributed by atoms with E-state index in [0.717, 1.165) is 5.56 Å². The van der Waals surface area contributed by atoms with Crippen LogP contribution < -0.4 is 27.0 Å². The molecule has 0 fully saturated rings. The van der Waals surface area contributed by atoms with Crippen LogP contribution in [0.15, 0.2) is 65.7 Å². The summed E-state index contributed by atoms with van der Waals surface area (Å²) in [6, 6.07) is 15.4. The number of carbonyl (C=O) groups is 2. The van der Waals surface area contributed by atoms with Crippen LogP contribution in [0.4, 0.5) is 31.9 Å². The molecule has 0 spiro atoms. The summed E-state index contributed by atoms with van der Waals surface area (Å²) in [4.78, 5) is 28.9. The molecule has 3 aromatic rings. The van der Waals surface area contributed by atoms with E-state index in [0.29, 0.717) is 39.3 Å². The Kier molecular flexibility index (Phi) is 9.14. The van der Waals surface area contributed by atoms with Gasteiger partial charge in [-0.2, -0.15) is 0 Å². The van der Waals surface area contributed by atoms with Gasteiger partial charge < -0.3 is 31.7 Å². The van der Waals surface area contributed by atoms with Gasteiger partial charge in [0, 0.05) is 24.8 Å². The van der Waals surface area contributed by atoms with Gasteiger partial charge in [0.15, 0.2) is 5.96 Å². The lowest BCUT2D eigenvalue weighted by molar-refractivity contribution is 0.0523. The highest BCUT2D eigenvalue weighted by Crippen LogP contribution is 2.25. The number of halogens is 2. The maximum Gasteiger partial charge on any atom is 0.407 e. The van der Waals surface area contributed by atoms with Gasteiger partial charge in [0.1, 0.15) is 11.4 Å². The largest absolute Gasteiger partial charge is 0.444 e. The van der Waals surface area contributed by atoms with E-state index in [9.17, 15) is 14.0 Å². The van der Waals surface area contributed by atoms with E-state index in [1.807, 2.05) is 0 Å². The molecule has 0 unspecified atom stereocenters. The fourth-order valence-electron chi connectivity index (χ4n) is 3.21. The molecule has 3 aromatic carbocycles. The zero-order chi connectivity index (χ0) is 27.9. The molecule has 0 bridgehead atoms. The van der Waals surface area contributed by atoms with Crippen LogP contribution in [0.2, 0.25) is 5.02 Å². The lowest BCUT2D eigenvalue weighted by Gasteiger charge is -2.20. The van der Waals surface area contributed by atoms with Crippen molar-refractivity contribution in [1.82, 2.24) is 5.32 Å². The van der Waals surface area contributed by atoms with Gasteiger partial charge in [-0.3, -0.25) is 9.79 Å². The lowest BCUT2D eigenvalue weighted by Crippen LogP contribution is -2.32. The zero-order valence-electron chi connectivity index (χ0n) is 21.5. The molecule has 6 N–H and O–H groups in total. The third-order valence-electron chi connectivity index (χ3n) is 5.01. The number of nitrogens with one attached hydrogen (secondary N) is 4. The molecule has 0 atom stereocenters. The second-order valence-electron chi connectivity index (χ2n) is 9.25. The summed E-state index contributed by atoms with van der Waals surface area (Å²) in [5, 5.41) is 12.0. The summed E-state index contributed by atoms with van der Waals surface area (Å²) < 4.78 is 18.4. The van der Waals surface area contributed by atoms with E-state index < -0.39 is 23.4 Å². The standard InChI is InChI=1S/C27H30ClFN6O3/c1-27(2,3)38-26(37)32-15-16-5-11-20(28)22(13-16)34-25(31-4)35-23-14-17(6-12-21(23)30)24(36)33-19-9-7-18(29)8-10-19/h5-14H,15,30H2,1-4H3,(H,32,37)(H,33,36)(H2,31,34,35). The molecule has 3 rings (SSSR count). The number of nitrogen functional groups attached to an aromatic ring is 1. The van der Waals surface area contributed by atoms with Gasteiger partial charge in [-0.25, -0.2) is 9.18 Å². The van der Waals surface area contributed by atoms with Crippen LogP contribution in [0.5, 0.6) is 0 Å². The van der Waals surface area contributed by atoms with Crippen molar-refractivity contribution in [2.75, 3.05) is 28.7 Å². The molecule has 0 saturated carbocycles. The van der Waals surface area contributed by atoms with Crippen molar-refractivity contribution in [1.29, 1.82) is 0 Å². The highest BCUT2D eigenvalue weighted by atomic mass is 35.5. The van der Waals surface area contributed by atoms with E-state index in [1.54, 1.807) is 64.2 Å². The number of alkyl carbamates (subject to hydrolysis) is 1. The molecule has 0 heterocycles. The minimum absolute atomic E-state index is 0.227. The third-order valence-corrected chi connectivity index (χ3v) is 5.34. The van der Waals surface area contributed by atoms with Crippen LogP contribution in [0, 0.1) is 5.82 Å². The Hall–Kier alpha value is -4.31.